The molecule has 7 heteroatoms. The molecule has 0 aliphatic heterocycles. The van der Waals surface area contributed by atoms with Gasteiger partial charge in [-0.25, -0.2) is 9.97 Å². The van der Waals surface area contributed by atoms with E-state index in [4.69, 9.17) is 4.99 Å². The molecule has 0 radical (unpaired) electrons. The fraction of sp³-hybridized carbons (Fsp3) is 0.588. The van der Waals surface area contributed by atoms with E-state index in [2.05, 4.69) is 58.8 Å². The van der Waals surface area contributed by atoms with Crippen molar-refractivity contribution < 1.29 is 0 Å². The highest BCUT2D eigenvalue weighted by Crippen LogP contribution is 2.19. The first-order valence-corrected chi connectivity index (χ1v) is 10.1. The number of nitrogens with zero attached hydrogens (tertiary/aromatic N) is 4. The largest absolute Gasteiger partial charge is 0.357 e. The molecular weight excluding hydrogens is 338 g/mol. The highest BCUT2D eigenvalue weighted by molar-refractivity contribution is 7.09. The van der Waals surface area contributed by atoms with Gasteiger partial charge in [0.25, 0.3) is 0 Å². The maximum absolute atomic E-state index is 4.74. The van der Waals surface area contributed by atoms with E-state index in [9.17, 15) is 0 Å². The summed E-state index contributed by atoms with van der Waals surface area (Å²) < 4.78 is 0. The summed E-state index contributed by atoms with van der Waals surface area (Å²) in [5.41, 5.74) is 2.23. The minimum Gasteiger partial charge on any atom is -0.357 e. The smallest absolute Gasteiger partial charge is 0.194 e. The molecule has 0 aliphatic carbocycles. The predicted octanol–water partition coefficient (Wildman–Crippen LogP) is 3.67. The second-order valence-electron chi connectivity index (χ2n) is 6.03. The lowest BCUT2D eigenvalue weighted by Crippen LogP contribution is -2.38. The molecule has 24 heavy (non-hydrogen) atoms. The van der Waals surface area contributed by atoms with Gasteiger partial charge in [0.15, 0.2) is 5.96 Å². The van der Waals surface area contributed by atoms with Gasteiger partial charge in [0.05, 0.1) is 27.9 Å². The van der Waals surface area contributed by atoms with Crippen LogP contribution in [0.25, 0.3) is 0 Å². The van der Waals surface area contributed by atoms with Crippen molar-refractivity contribution in [2.45, 2.75) is 46.6 Å². The van der Waals surface area contributed by atoms with Crippen molar-refractivity contribution in [3.05, 3.63) is 32.2 Å². The molecule has 2 heterocycles. The van der Waals surface area contributed by atoms with Crippen LogP contribution in [0.15, 0.2) is 15.8 Å². The minimum absolute atomic E-state index is 0.497. The van der Waals surface area contributed by atoms with Gasteiger partial charge in [0.2, 0.25) is 0 Å². The lowest BCUT2D eigenvalue weighted by Gasteiger charge is -2.21. The van der Waals surface area contributed by atoms with Crippen LogP contribution in [0.4, 0.5) is 0 Å². The summed E-state index contributed by atoms with van der Waals surface area (Å²) in [4.78, 5) is 16.1. The third kappa shape index (κ3) is 5.56. The predicted molar refractivity (Wildman–Crippen MR) is 104 cm³/mol. The van der Waals surface area contributed by atoms with E-state index in [-0.39, 0.29) is 0 Å². The molecule has 2 rings (SSSR count). The first-order chi connectivity index (χ1) is 11.5. The number of hydrogen-bond acceptors (Lipinski definition) is 5. The van der Waals surface area contributed by atoms with E-state index >= 15 is 0 Å². The summed E-state index contributed by atoms with van der Waals surface area (Å²) in [5, 5.41) is 9.92. The van der Waals surface area contributed by atoms with Crippen LogP contribution >= 0.6 is 22.7 Å². The molecule has 0 saturated heterocycles. The second kappa shape index (κ2) is 9.13. The van der Waals surface area contributed by atoms with Crippen molar-refractivity contribution in [3.63, 3.8) is 0 Å². The summed E-state index contributed by atoms with van der Waals surface area (Å²) in [6, 6.07) is 0. The van der Waals surface area contributed by atoms with Crippen LogP contribution < -0.4 is 5.32 Å². The minimum atomic E-state index is 0.497. The Bertz CT molecular complexity index is 659. The number of aryl methyl sites for hydroxylation is 1. The average Bonchev–Trinajstić information content (AvgIpc) is 3.15. The van der Waals surface area contributed by atoms with Crippen LogP contribution in [0.1, 0.15) is 48.1 Å². The Morgan fingerprint density at radius 1 is 1.25 bits per heavy atom. The van der Waals surface area contributed by atoms with Crippen molar-refractivity contribution in [1.82, 2.24) is 20.2 Å². The number of nitrogens with one attached hydrogen (secondary N) is 1. The van der Waals surface area contributed by atoms with E-state index in [0.717, 1.165) is 48.4 Å². The summed E-state index contributed by atoms with van der Waals surface area (Å²) in [7, 11) is 2.05. The maximum atomic E-state index is 4.74. The number of aliphatic imine (C=N–C) groups is 1. The Balaban J connectivity index is 1.93. The lowest BCUT2D eigenvalue weighted by molar-refractivity contribution is 0.471. The number of guanidine groups is 1. The standard InChI is InChI=1S/C17H27N5S2/c1-6-18-17(22(5)9-15-11-23-13(4)20-15)19-8-7-14-10-24-16(21-14)12(2)3/h10-12H,6-9H2,1-5H3,(H,18,19). The average molecular weight is 366 g/mol. The molecule has 132 valence electrons. The van der Waals surface area contributed by atoms with E-state index in [1.165, 1.54) is 5.01 Å². The number of hydrogen-bond donors (Lipinski definition) is 1. The first kappa shape index (κ1) is 18.9. The van der Waals surface area contributed by atoms with Crippen molar-refractivity contribution in [1.29, 1.82) is 0 Å². The van der Waals surface area contributed by atoms with E-state index in [1.54, 1.807) is 22.7 Å². The van der Waals surface area contributed by atoms with Gasteiger partial charge in [-0.1, -0.05) is 13.8 Å². The zero-order chi connectivity index (χ0) is 17.5. The molecule has 0 spiro atoms. The Morgan fingerprint density at radius 2 is 2.00 bits per heavy atom. The molecule has 0 amide bonds. The number of rotatable bonds is 7. The van der Waals surface area contributed by atoms with E-state index < -0.39 is 0 Å². The van der Waals surface area contributed by atoms with Crippen LogP contribution in [0.5, 0.6) is 0 Å². The van der Waals surface area contributed by atoms with Gasteiger partial charge in [-0.3, -0.25) is 4.99 Å². The molecule has 5 nitrogen and oxygen atoms in total. The quantitative estimate of drug-likeness (QED) is 0.601. The Hall–Kier alpha value is -1.47. The van der Waals surface area contributed by atoms with Crippen molar-refractivity contribution in [3.8, 4) is 0 Å². The van der Waals surface area contributed by atoms with Crippen molar-refractivity contribution in [2.75, 3.05) is 20.1 Å². The summed E-state index contributed by atoms with van der Waals surface area (Å²) in [6.45, 7) is 10.8. The van der Waals surface area contributed by atoms with Gasteiger partial charge < -0.3 is 10.2 Å². The number of aromatic nitrogens is 2. The van der Waals surface area contributed by atoms with E-state index in [0.29, 0.717) is 5.92 Å². The molecule has 0 fully saturated rings. The SMILES string of the molecule is CCNC(=NCCc1csc(C(C)C)n1)N(C)Cc1csc(C)n1. The van der Waals surface area contributed by atoms with Gasteiger partial charge >= 0.3 is 0 Å². The van der Waals surface area contributed by atoms with Gasteiger partial charge in [-0.05, 0) is 13.8 Å². The van der Waals surface area contributed by atoms with Crippen LogP contribution in [-0.2, 0) is 13.0 Å². The topological polar surface area (TPSA) is 53.4 Å². The monoisotopic (exact) mass is 365 g/mol. The van der Waals surface area contributed by atoms with Gasteiger partial charge in [0, 0.05) is 43.2 Å². The molecule has 0 unspecified atom stereocenters. The Kier molecular flexibility index (Phi) is 7.17. The molecule has 2 aromatic heterocycles. The Morgan fingerprint density at radius 3 is 2.58 bits per heavy atom. The van der Waals surface area contributed by atoms with Crippen LogP contribution in [0.3, 0.4) is 0 Å². The van der Waals surface area contributed by atoms with Crippen LogP contribution in [0, 0.1) is 6.92 Å². The highest BCUT2D eigenvalue weighted by Gasteiger charge is 2.09. The normalized spacial score (nSPS) is 12.0. The maximum Gasteiger partial charge on any atom is 0.194 e. The fourth-order valence-corrected chi connectivity index (χ4v) is 3.72. The number of thiazole rings is 2. The molecule has 0 aliphatic rings. The van der Waals surface area contributed by atoms with Gasteiger partial charge in [0.1, 0.15) is 0 Å². The molecule has 0 aromatic carbocycles. The molecule has 0 atom stereocenters. The summed E-state index contributed by atoms with van der Waals surface area (Å²) in [6.07, 6.45) is 0.877. The third-order valence-corrected chi connectivity index (χ3v) is 5.47. The molecule has 0 bridgehead atoms. The van der Waals surface area contributed by atoms with Crippen molar-refractivity contribution >= 4 is 28.6 Å². The van der Waals surface area contributed by atoms with Gasteiger partial charge in [-0.2, -0.15) is 0 Å². The molecular formula is C17H27N5S2. The summed E-state index contributed by atoms with van der Waals surface area (Å²) in [5.74, 6) is 1.42. The zero-order valence-corrected chi connectivity index (χ0v) is 16.8. The zero-order valence-electron chi connectivity index (χ0n) is 15.2. The fourth-order valence-electron chi connectivity index (χ4n) is 2.25. The summed E-state index contributed by atoms with van der Waals surface area (Å²) >= 11 is 3.43. The Labute approximate surface area is 152 Å². The molecule has 0 saturated carbocycles. The van der Waals surface area contributed by atoms with Crippen LogP contribution in [-0.4, -0.2) is 41.0 Å². The lowest BCUT2D eigenvalue weighted by atomic mass is 10.2. The second-order valence-corrected chi connectivity index (χ2v) is 7.98. The highest BCUT2D eigenvalue weighted by atomic mass is 32.1. The molecule has 2 aromatic rings. The van der Waals surface area contributed by atoms with Crippen molar-refractivity contribution in [2.24, 2.45) is 4.99 Å². The third-order valence-electron chi connectivity index (χ3n) is 3.46. The van der Waals surface area contributed by atoms with Crippen LogP contribution in [0.2, 0.25) is 0 Å². The molecule has 1 N–H and O–H groups in total. The van der Waals surface area contributed by atoms with E-state index in [1.807, 2.05) is 6.92 Å². The first-order valence-electron chi connectivity index (χ1n) is 8.34. The van der Waals surface area contributed by atoms with Gasteiger partial charge in [-0.15, -0.1) is 22.7 Å².